The topological polar surface area (TPSA) is 89.8 Å². The Labute approximate surface area is 368 Å². The SMILES string of the molecule is CCCCCCCCCCCC/C=C/CC/C=C/C(O)C(CO)NC(=O)CC(O)CCCCCCCCCCCCCC/C=C\CCCCCCCCCCCCCC. The molecule has 0 rings (SSSR count). The molecule has 59 heavy (non-hydrogen) atoms. The van der Waals surface area contributed by atoms with Crippen LogP contribution >= 0.6 is 0 Å². The molecule has 0 spiro atoms. The number of allylic oxidation sites excluding steroid dienone is 5. The van der Waals surface area contributed by atoms with Gasteiger partial charge in [0.25, 0.3) is 0 Å². The molecule has 0 aromatic heterocycles. The molecule has 3 atom stereocenters. The smallest absolute Gasteiger partial charge is 0.222 e. The van der Waals surface area contributed by atoms with Gasteiger partial charge in [0, 0.05) is 0 Å². The second-order valence-electron chi connectivity index (χ2n) is 18.1. The van der Waals surface area contributed by atoms with Crippen molar-refractivity contribution in [3.8, 4) is 0 Å². The van der Waals surface area contributed by atoms with E-state index in [1.54, 1.807) is 6.08 Å². The largest absolute Gasteiger partial charge is 0.394 e. The van der Waals surface area contributed by atoms with Crippen molar-refractivity contribution >= 4 is 5.91 Å². The number of hydrogen-bond acceptors (Lipinski definition) is 4. The van der Waals surface area contributed by atoms with E-state index in [0.717, 1.165) is 32.1 Å². The van der Waals surface area contributed by atoms with Crippen molar-refractivity contribution in [2.75, 3.05) is 6.61 Å². The molecule has 0 saturated carbocycles. The summed E-state index contributed by atoms with van der Waals surface area (Å²) in [5.74, 6) is -0.323. The molecule has 348 valence electrons. The third-order valence-corrected chi connectivity index (χ3v) is 12.1. The van der Waals surface area contributed by atoms with Gasteiger partial charge in [-0.25, -0.2) is 0 Å². The van der Waals surface area contributed by atoms with Crippen LogP contribution < -0.4 is 5.32 Å². The molecule has 1 amide bonds. The molecule has 0 aromatic rings. The maximum atomic E-state index is 12.5. The second kappa shape index (κ2) is 49.2. The van der Waals surface area contributed by atoms with Crippen LogP contribution in [0.3, 0.4) is 0 Å². The van der Waals surface area contributed by atoms with Crippen molar-refractivity contribution in [2.45, 2.75) is 295 Å². The summed E-state index contributed by atoms with van der Waals surface area (Å²) in [6.45, 7) is 4.22. The van der Waals surface area contributed by atoms with E-state index in [2.05, 4.69) is 43.5 Å². The number of hydrogen-bond donors (Lipinski definition) is 4. The highest BCUT2D eigenvalue weighted by molar-refractivity contribution is 5.76. The molecule has 0 fully saturated rings. The number of aliphatic hydroxyl groups excluding tert-OH is 3. The third kappa shape index (κ3) is 45.9. The van der Waals surface area contributed by atoms with Crippen LogP contribution in [0.15, 0.2) is 36.5 Å². The van der Waals surface area contributed by atoms with Gasteiger partial charge in [0.1, 0.15) is 0 Å². The van der Waals surface area contributed by atoms with Crippen molar-refractivity contribution in [2.24, 2.45) is 0 Å². The number of rotatable bonds is 48. The van der Waals surface area contributed by atoms with Gasteiger partial charge < -0.3 is 20.6 Å². The minimum absolute atomic E-state index is 0.00693. The quantitative estimate of drug-likeness (QED) is 0.0363. The first-order chi connectivity index (χ1) is 29.0. The maximum Gasteiger partial charge on any atom is 0.222 e. The van der Waals surface area contributed by atoms with Gasteiger partial charge in [-0.15, -0.1) is 0 Å². The summed E-state index contributed by atoms with van der Waals surface area (Å²) in [6.07, 6.45) is 63.2. The van der Waals surface area contributed by atoms with Crippen molar-refractivity contribution in [1.29, 1.82) is 0 Å². The fourth-order valence-electron chi connectivity index (χ4n) is 8.12. The molecule has 0 aromatic carbocycles. The van der Waals surface area contributed by atoms with Crippen LogP contribution in [0.1, 0.15) is 277 Å². The van der Waals surface area contributed by atoms with Crippen LogP contribution in [0.25, 0.3) is 0 Å². The fourth-order valence-corrected chi connectivity index (χ4v) is 8.12. The van der Waals surface area contributed by atoms with Gasteiger partial charge in [-0.2, -0.15) is 0 Å². The first-order valence-electron chi connectivity index (χ1n) is 26.3. The highest BCUT2D eigenvalue weighted by atomic mass is 16.3. The van der Waals surface area contributed by atoms with Crippen LogP contribution in [-0.2, 0) is 4.79 Å². The van der Waals surface area contributed by atoms with Gasteiger partial charge >= 0.3 is 0 Å². The van der Waals surface area contributed by atoms with Gasteiger partial charge in [-0.3, -0.25) is 4.79 Å². The molecule has 5 nitrogen and oxygen atoms in total. The second-order valence-corrected chi connectivity index (χ2v) is 18.1. The van der Waals surface area contributed by atoms with E-state index in [1.807, 2.05) is 6.08 Å². The highest BCUT2D eigenvalue weighted by Crippen LogP contribution is 2.16. The van der Waals surface area contributed by atoms with Crippen molar-refractivity contribution in [3.63, 3.8) is 0 Å². The van der Waals surface area contributed by atoms with Crippen LogP contribution in [0.2, 0.25) is 0 Å². The lowest BCUT2D eigenvalue weighted by Crippen LogP contribution is -2.45. The molecule has 0 aliphatic heterocycles. The number of nitrogens with one attached hydrogen (secondary N) is 1. The van der Waals surface area contributed by atoms with Crippen LogP contribution in [0, 0.1) is 0 Å². The number of aliphatic hydroxyl groups is 3. The predicted octanol–water partition coefficient (Wildman–Crippen LogP) is 15.9. The van der Waals surface area contributed by atoms with Crippen molar-refractivity contribution < 1.29 is 20.1 Å². The van der Waals surface area contributed by atoms with Gasteiger partial charge in [-0.1, -0.05) is 249 Å². The number of carbonyl (C=O) groups is 1. The van der Waals surface area contributed by atoms with Gasteiger partial charge in [0.2, 0.25) is 5.91 Å². The highest BCUT2D eigenvalue weighted by Gasteiger charge is 2.20. The summed E-state index contributed by atoms with van der Waals surface area (Å²) in [7, 11) is 0. The molecule has 0 bridgehead atoms. The van der Waals surface area contributed by atoms with Crippen LogP contribution in [0.4, 0.5) is 0 Å². The van der Waals surface area contributed by atoms with E-state index in [1.165, 1.54) is 218 Å². The lowest BCUT2D eigenvalue weighted by atomic mass is 10.0. The number of carbonyl (C=O) groups excluding carboxylic acids is 1. The summed E-state index contributed by atoms with van der Waals surface area (Å²) >= 11 is 0. The van der Waals surface area contributed by atoms with Crippen molar-refractivity contribution in [3.05, 3.63) is 36.5 Å². The van der Waals surface area contributed by atoms with Crippen LogP contribution in [-0.4, -0.2) is 46.1 Å². The van der Waals surface area contributed by atoms with Gasteiger partial charge in [-0.05, 0) is 57.8 Å². The van der Waals surface area contributed by atoms with E-state index >= 15 is 0 Å². The maximum absolute atomic E-state index is 12.5. The molecular formula is C54H103NO4. The average Bonchev–Trinajstić information content (AvgIpc) is 3.23. The lowest BCUT2D eigenvalue weighted by molar-refractivity contribution is -0.124. The molecule has 0 aliphatic carbocycles. The molecule has 3 unspecified atom stereocenters. The Balaban J connectivity index is 3.58. The summed E-state index contributed by atoms with van der Waals surface area (Å²) in [5, 5.41) is 33.3. The Morgan fingerprint density at radius 3 is 1.08 bits per heavy atom. The Hall–Kier alpha value is -1.43. The standard InChI is InChI=1S/C54H103NO4/c1-3-5-7-9-11-13-15-17-19-21-22-23-24-25-26-27-28-29-30-31-32-33-35-37-39-41-43-45-47-51(57)49-54(59)55-52(50-56)53(58)48-46-44-42-40-38-36-34-20-18-16-14-12-10-8-6-4-2/h25-26,38,40,46,48,51-53,56-58H,3-24,27-37,39,41-45,47,49-50H2,1-2H3,(H,55,59)/b26-25-,40-38+,48-46+. The van der Waals surface area contributed by atoms with E-state index in [-0.39, 0.29) is 18.9 Å². The van der Waals surface area contributed by atoms with E-state index in [0.29, 0.717) is 6.42 Å². The van der Waals surface area contributed by atoms with E-state index in [9.17, 15) is 20.1 Å². The molecule has 0 saturated heterocycles. The average molecular weight is 830 g/mol. The lowest BCUT2D eigenvalue weighted by Gasteiger charge is -2.21. The molecule has 0 radical (unpaired) electrons. The first-order valence-corrected chi connectivity index (χ1v) is 26.3. The Bertz CT molecular complexity index is 916. The molecular weight excluding hydrogens is 727 g/mol. The first kappa shape index (κ1) is 57.6. The van der Waals surface area contributed by atoms with Crippen molar-refractivity contribution in [1.82, 2.24) is 5.32 Å². The molecule has 4 N–H and O–H groups in total. The molecule has 0 aliphatic rings. The Kier molecular flexibility index (Phi) is 48.0. The monoisotopic (exact) mass is 830 g/mol. The summed E-state index contributed by atoms with van der Waals surface area (Å²) in [6, 6.07) is -0.760. The Morgan fingerprint density at radius 2 is 0.729 bits per heavy atom. The third-order valence-electron chi connectivity index (χ3n) is 12.1. The van der Waals surface area contributed by atoms with E-state index in [4.69, 9.17) is 0 Å². The van der Waals surface area contributed by atoms with E-state index < -0.39 is 18.2 Å². The number of amides is 1. The van der Waals surface area contributed by atoms with Crippen LogP contribution in [0.5, 0.6) is 0 Å². The minimum Gasteiger partial charge on any atom is -0.394 e. The predicted molar refractivity (Wildman–Crippen MR) is 259 cm³/mol. The summed E-state index contributed by atoms with van der Waals surface area (Å²) in [5.41, 5.74) is 0. The number of unbranched alkanes of at least 4 members (excludes halogenated alkanes) is 35. The molecule has 5 heteroatoms. The summed E-state index contributed by atoms with van der Waals surface area (Å²) < 4.78 is 0. The molecule has 0 heterocycles. The zero-order valence-corrected chi connectivity index (χ0v) is 39.6. The Morgan fingerprint density at radius 1 is 0.424 bits per heavy atom. The zero-order valence-electron chi connectivity index (χ0n) is 39.6. The normalized spacial score (nSPS) is 13.6. The fraction of sp³-hybridized carbons (Fsp3) is 0.870. The van der Waals surface area contributed by atoms with Gasteiger partial charge in [0.05, 0.1) is 31.3 Å². The minimum atomic E-state index is -0.951. The summed E-state index contributed by atoms with van der Waals surface area (Å²) in [4.78, 5) is 12.5. The van der Waals surface area contributed by atoms with Gasteiger partial charge in [0.15, 0.2) is 0 Å². The zero-order chi connectivity index (χ0) is 43.0.